The Morgan fingerprint density at radius 2 is 1.80 bits per heavy atom. The largest absolute Gasteiger partial charge is 0.497 e. The molecule has 1 aromatic heterocycles. The predicted octanol–water partition coefficient (Wildman–Crippen LogP) is 1.75. The lowest BCUT2D eigenvalue weighted by Gasteiger charge is -2.06. The number of fused-ring (bicyclic) bond motifs is 1. The number of rotatable bonds is 7. The van der Waals surface area contributed by atoms with Crippen LogP contribution in [0.1, 0.15) is 26.4 Å². The zero-order chi connectivity index (χ0) is 21.3. The van der Waals surface area contributed by atoms with Gasteiger partial charge in [0.25, 0.3) is 11.8 Å². The summed E-state index contributed by atoms with van der Waals surface area (Å²) in [6.45, 7) is 0.0825. The Hall–Kier alpha value is -3.50. The number of carbonyl (C=O) groups excluding carboxylic acids is 2. The average Bonchev–Trinajstić information content (AvgIpc) is 3.32. The molecule has 0 spiro atoms. The van der Waals surface area contributed by atoms with Crippen LogP contribution in [0.5, 0.6) is 5.75 Å². The van der Waals surface area contributed by atoms with E-state index in [1.807, 2.05) is 12.1 Å². The van der Waals surface area contributed by atoms with E-state index in [9.17, 15) is 18.0 Å². The first kappa shape index (κ1) is 19.8. The number of nitrogens with zero attached hydrogens (tertiary/aromatic N) is 1. The van der Waals surface area contributed by atoms with Crippen molar-refractivity contribution in [1.29, 1.82) is 0 Å². The van der Waals surface area contributed by atoms with Crippen LogP contribution in [0.3, 0.4) is 0 Å². The lowest BCUT2D eigenvalue weighted by molar-refractivity contribution is 0.0879. The molecule has 2 N–H and O–H groups in total. The Kier molecular flexibility index (Phi) is 5.10. The third-order valence-corrected chi connectivity index (χ3v) is 6.04. The van der Waals surface area contributed by atoms with E-state index in [4.69, 9.17) is 9.15 Å². The molecule has 0 radical (unpaired) electrons. The highest BCUT2D eigenvalue weighted by Gasteiger charge is 2.28. The molecule has 0 fully saturated rings. The van der Waals surface area contributed by atoms with Crippen molar-refractivity contribution < 1.29 is 27.2 Å². The number of oxazole rings is 1. The summed E-state index contributed by atoms with van der Waals surface area (Å²) < 4.78 is 38.1. The van der Waals surface area contributed by atoms with Gasteiger partial charge in [0.2, 0.25) is 15.9 Å². The lowest BCUT2D eigenvalue weighted by atomic mass is 10.1. The molecule has 2 aromatic carbocycles. The van der Waals surface area contributed by atoms with E-state index < -0.39 is 21.8 Å². The number of aromatic nitrogens is 1. The van der Waals surface area contributed by atoms with Crippen molar-refractivity contribution in [1.82, 2.24) is 15.0 Å². The molecule has 0 bridgehead atoms. The Morgan fingerprint density at radius 3 is 2.53 bits per heavy atom. The van der Waals surface area contributed by atoms with E-state index in [1.165, 1.54) is 24.5 Å². The number of carbonyl (C=O) groups is 2. The van der Waals surface area contributed by atoms with Gasteiger partial charge in [0.1, 0.15) is 12.0 Å². The SMILES string of the molecule is COc1ccc(-c2nc(CCNS(=O)(=O)c3ccc4c(c3)C(=O)NC4=O)co2)cc1. The second-order valence-electron chi connectivity index (χ2n) is 6.51. The fourth-order valence-corrected chi connectivity index (χ4v) is 4.06. The number of amides is 2. The van der Waals surface area contributed by atoms with Crippen molar-refractivity contribution >= 4 is 21.8 Å². The molecular weight excluding hydrogens is 410 g/mol. The third-order valence-electron chi connectivity index (χ3n) is 4.58. The molecule has 1 aliphatic heterocycles. The van der Waals surface area contributed by atoms with Crippen LogP contribution in [-0.4, -0.2) is 38.9 Å². The minimum absolute atomic E-state index is 0.0449. The quantitative estimate of drug-likeness (QED) is 0.550. The summed E-state index contributed by atoms with van der Waals surface area (Å²) in [5.41, 5.74) is 1.56. The minimum atomic E-state index is -3.86. The number of hydrogen-bond donors (Lipinski definition) is 2. The standard InChI is InChI=1S/C20H17N3O6S/c1-28-14-4-2-12(3-5-14)20-22-13(11-29-20)8-9-21-30(26,27)15-6-7-16-17(10-15)19(25)23-18(16)24/h2-7,10-11,21H,8-9H2,1H3,(H,23,24,25). The molecule has 0 atom stereocenters. The van der Waals surface area contributed by atoms with Crippen molar-refractivity contribution in [3.8, 4) is 17.2 Å². The Morgan fingerprint density at radius 1 is 1.07 bits per heavy atom. The van der Waals surface area contributed by atoms with E-state index in [0.717, 1.165) is 5.56 Å². The van der Waals surface area contributed by atoms with Gasteiger partial charge in [-0.25, -0.2) is 18.1 Å². The van der Waals surface area contributed by atoms with Crippen molar-refractivity contribution in [2.75, 3.05) is 13.7 Å². The monoisotopic (exact) mass is 427 g/mol. The van der Waals surface area contributed by atoms with Gasteiger partial charge in [0.15, 0.2) is 0 Å². The van der Waals surface area contributed by atoms with Crippen LogP contribution in [-0.2, 0) is 16.4 Å². The highest BCUT2D eigenvalue weighted by Crippen LogP contribution is 2.22. The molecule has 10 heteroatoms. The number of hydrogen-bond acceptors (Lipinski definition) is 7. The molecule has 154 valence electrons. The van der Waals surface area contributed by atoms with Crippen LogP contribution >= 0.6 is 0 Å². The molecule has 0 saturated heterocycles. The first-order valence-corrected chi connectivity index (χ1v) is 10.4. The maximum atomic E-state index is 12.5. The maximum Gasteiger partial charge on any atom is 0.258 e. The first-order chi connectivity index (χ1) is 14.4. The fourth-order valence-electron chi connectivity index (χ4n) is 3.00. The van der Waals surface area contributed by atoms with Gasteiger partial charge in [-0.1, -0.05) is 0 Å². The summed E-state index contributed by atoms with van der Waals surface area (Å²) in [4.78, 5) is 27.6. The van der Waals surface area contributed by atoms with Gasteiger partial charge < -0.3 is 9.15 Å². The number of ether oxygens (including phenoxy) is 1. The van der Waals surface area contributed by atoms with Gasteiger partial charge in [-0.05, 0) is 42.5 Å². The summed E-state index contributed by atoms with van der Waals surface area (Å²) >= 11 is 0. The third kappa shape index (κ3) is 3.82. The molecule has 4 rings (SSSR count). The van der Waals surface area contributed by atoms with Gasteiger partial charge in [-0.15, -0.1) is 0 Å². The number of imide groups is 1. The molecule has 1 aliphatic rings. The van der Waals surface area contributed by atoms with Crippen LogP contribution in [0.15, 0.2) is 58.0 Å². The number of sulfonamides is 1. The second kappa shape index (κ2) is 7.73. The number of benzene rings is 2. The minimum Gasteiger partial charge on any atom is -0.497 e. The van der Waals surface area contributed by atoms with Crippen molar-refractivity contribution in [2.45, 2.75) is 11.3 Å². The summed E-state index contributed by atoms with van der Waals surface area (Å²) in [7, 11) is -2.28. The topological polar surface area (TPSA) is 128 Å². The second-order valence-corrected chi connectivity index (χ2v) is 8.28. The summed E-state index contributed by atoms with van der Waals surface area (Å²) in [6.07, 6.45) is 1.78. The normalized spacial score (nSPS) is 13.2. The van der Waals surface area contributed by atoms with Crippen LogP contribution in [0, 0.1) is 0 Å². The molecule has 30 heavy (non-hydrogen) atoms. The molecule has 2 heterocycles. The number of methoxy groups -OCH3 is 1. The fraction of sp³-hybridized carbons (Fsp3) is 0.150. The summed E-state index contributed by atoms with van der Waals surface area (Å²) in [5, 5.41) is 2.13. The van der Waals surface area contributed by atoms with E-state index in [1.54, 1.807) is 19.2 Å². The molecule has 3 aromatic rings. The maximum absolute atomic E-state index is 12.5. The van der Waals surface area contributed by atoms with Gasteiger partial charge in [0.05, 0.1) is 28.8 Å². The van der Waals surface area contributed by atoms with Crippen molar-refractivity contribution in [3.63, 3.8) is 0 Å². The molecule has 9 nitrogen and oxygen atoms in total. The predicted molar refractivity (Wildman–Crippen MR) is 106 cm³/mol. The van der Waals surface area contributed by atoms with Crippen LogP contribution in [0.25, 0.3) is 11.5 Å². The Balaban J connectivity index is 1.40. The van der Waals surface area contributed by atoms with Crippen LogP contribution in [0.2, 0.25) is 0 Å². The van der Waals surface area contributed by atoms with E-state index in [-0.39, 0.29) is 22.6 Å². The lowest BCUT2D eigenvalue weighted by Crippen LogP contribution is -2.26. The van der Waals surface area contributed by atoms with Gasteiger partial charge >= 0.3 is 0 Å². The number of nitrogens with one attached hydrogen (secondary N) is 2. The Labute approximate surface area is 172 Å². The average molecular weight is 427 g/mol. The summed E-state index contributed by atoms with van der Waals surface area (Å²) in [6, 6.07) is 11.0. The zero-order valence-electron chi connectivity index (χ0n) is 15.8. The van der Waals surface area contributed by atoms with Crippen LogP contribution in [0.4, 0.5) is 0 Å². The molecule has 0 aliphatic carbocycles. The highest BCUT2D eigenvalue weighted by atomic mass is 32.2. The molecule has 2 amide bonds. The van der Waals surface area contributed by atoms with Gasteiger partial charge in [0, 0.05) is 18.5 Å². The first-order valence-electron chi connectivity index (χ1n) is 8.95. The molecule has 0 unspecified atom stereocenters. The zero-order valence-corrected chi connectivity index (χ0v) is 16.7. The molecule has 0 saturated carbocycles. The van der Waals surface area contributed by atoms with E-state index in [2.05, 4.69) is 15.0 Å². The van der Waals surface area contributed by atoms with E-state index in [0.29, 0.717) is 23.8 Å². The summed E-state index contributed by atoms with van der Waals surface area (Å²) in [5.74, 6) is -0.00976. The smallest absolute Gasteiger partial charge is 0.258 e. The van der Waals surface area contributed by atoms with Crippen LogP contribution < -0.4 is 14.8 Å². The van der Waals surface area contributed by atoms with Gasteiger partial charge in [-0.2, -0.15) is 0 Å². The van der Waals surface area contributed by atoms with Crippen molar-refractivity contribution in [2.24, 2.45) is 0 Å². The van der Waals surface area contributed by atoms with Gasteiger partial charge in [-0.3, -0.25) is 14.9 Å². The van der Waals surface area contributed by atoms with Crippen molar-refractivity contribution in [3.05, 3.63) is 65.5 Å². The molecular formula is C20H17N3O6S. The Bertz CT molecular complexity index is 1230. The highest BCUT2D eigenvalue weighted by molar-refractivity contribution is 7.89. The van der Waals surface area contributed by atoms with E-state index >= 15 is 0 Å².